The van der Waals surface area contributed by atoms with E-state index in [2.05, 4.69) is 24.1 Å². The normalized spacial score (nSPS) is 12.7. The van der Waals surface area contributed by atoms with E-state index in [1.807, 2.05) is 6.92 Å². The predicted molar refractivity (Wildman–Crippen MR) is 77.5 cm³/mol. The van der Waals surface area contributed by atoms with Crippen LogP contribution in [0.25, 0.3) is 0 Å². The quantitative estimate of drug-likeness (QED) is 0.757. The number of nitrogens with zero attached hydrogens (tertiary/aromatic N) is 1. The molecule has 3 N–H and O–H groups in total. The summed E-state index contributed by atoms with van der Waals surface area (Å²) in [5, 5.41) is 5.65. The Morgan fingerprint density at radius 2 is 2.32 bits per heavy atom. The fourth-order valence-corrected chi connectivity index (χ4v) is 2.34. The summed E-state index contributed by atoms with van der Waals surface area (Å²) >= 11 is 1.47. The number of amides is 1. The van der Waals surface area contributed by atoms with Gasteiger partial charge in [0.1, 0.15) is 5.69 Å². The fraction of sp³-hybridized carbons (Fsp3) is 0.692. The van der Waals surface area contributed by atoms with Crippen molar-refractivity contribution in [2.75, 3.05) is 19.8 Å². The smallest absolute Gasteiger partial charge is 0.271 e. The van der Waals surface area contributed by atoms with Gasteiger partial charge in [-0.05, 0) is 19.4 Å². The van der Waals surface area contributed by atoms with Gasteiger partial charge in [0, 0.05) is 18.4 Å². The van der Waals surface area contributed by atoms with Crippen LogP contribution >= 0.6 is 11.3 Å². The van der Waals surface area contributed by atoms with Crippen molar-refractivity contribution < 1.29 is 9.53 Å². The van der Waals surface area contributed by atoms with Gasteiger partial charge in [-0.25, -0.2) is 4.98 Å². The first kappa shape index (κ1) is 16.1. The maximum absolute atomic E-state index is 12.1. The molecule has 1 aromatic rings. The van der Waals surface area contributed by atoms with Crippen LogP contribution in [-0.4, -0.2) is 36.7 Å². The van der Waals surface area contributed by atoms with Gasteiger partial charge in [-0.2, -0.15) is 0 Å². The second-order valence-electron chi connectivity index (χ2n) is 4.65. The van der Waals surface area contributed by atoms with Crippen molar-refractivity contribution in [1.29, 1.82) is 0 Å². The summed E-state index contributed by atoms with van der Waals surface area (Å²) < 4.78 is 5.39. The summed E-state index contributed by atoms with van der Waals surface area (Å²) in [6, 6.07) is 0.00658. The maximum Gasteiger partial charge on any atom is 0.271 e. The largest absolute Gasteiger partial charge is 0.380 e. The van der Waals surface area contributed by atoms with Crippen molar-refractivity contribution in [3.63, 3.8) is 0 Å². The van der Waals surface area contributed by atoms with Gasteiger partial charge in [-0.15, -0.1) is 11.3 Å². The number of aromatic nitrogens is 1. The average molecular weight is 285 g/mol. The Bertz CT molecular complexity index is 393. The standard InChI is InChI=1S/C13H23N3O2S/c1-4-18-7-10(9(2)3)16-13(17)11-8-19-12(15-11)5-6-14/h8-10H,4-7,14H2,1-3H3,(H,16,17). The van der Waals surface area contributed by atoms with Crippen molar-refractivity contribution in [2.24, 2.45) is 11.7 Å². The Morgan fingerprint density at radius 1 is 1.58 bits per heavy atom. The first-order chi connectivity index (χ1) is 9.08. The molecule has 1 heterocycles. The van der Waals surface area contributed by atoms with Crippen LogP contribution < -0.4 is 11.1 Å². The maximum atomic E-state index is 12.1. The van der Waals surface area contributed by atoms with Gasteiger partial charge in [0.05, 0.1) is 17.7 Å². The minimum atomic E-state index is -0.141. The molecule has 0 saturated heterocycles. The van der Waals surface area contributed by atoms with E-state index in [9.17, 15) is 4.79 Å². The Labute approximate surface area is 118 Å². The van der Waals surface area contributed by atoms with Crippen LogP contribution in [0.15, 0.2) is 5.38 Å². The highest BCUT2D eigenvalue weighted by Gasteiger charge is 2.19. The lowest BCUT2D eigenvalue weighted by Crippen LogP contribution is -2.42. The number of hydrogen-bond donors (Lipinski definition) is 2. The van der Waals surface area contributed by atoms with Gasteiger partial charge in [0.25, 0.3) is 5.91 Å². The lowest BCUT2D eigenvalue weighted by molar-refractivity contribution is 0.0802. The number of nitrogens with two attached hydrogens (primary N) is 1. The minimum Gasteiger partial charge on any atom is -0.380 e. The second-order valence-corrected chi connectivity index (χ2v) is 5.59. The summed E-state index contributed by atoms with van der Waals surface area (Å²) in [6.45, 7) is 7.79. The molecule has 1 unspecified atom stereocenters. The highest BCUT2D eigenvalue weighted by molar-refractivity contribution is 7.09. The van der Waals surface area contributed by atoms with Crippen LogP contribution in [0.3, 0.4) is 0 Å². The summed E-state index contributed by atoms with van der Waals surface area (Å²) in [5.41, 5.74) is 5.94. The van der Waals surface area contributed by atoms with Gasteiger partial charge >= 0.3 is 0 Å². The predicted octanol–water partition coefficient (Wildman–Crippen LogP) is 1.44. The molecule has 0 saturated carbocycles. The monoisotopic (exact) mass is 285 g/mol. The first-order valence-electron chi connectivity index (χ1n) is 6.61. The van der Waals surface area contributed by atoms with Gasteiger partial charge < -0.3 is 15.8 Å². The number of thiazole rings is 1. The molecular weight excluding hydrogens is 262 g/mol. The fourth-order valence-electron chi connectivity index (χ4n) is 1.54. The Hall–Kier alpha value is -0.980. The van der Waals surface area contributed by atoms with E-state index in [1.54, 1.807) is 5.38 Å². The van der Waals surface area contributed by atoms with Gasteiger partial charge in [0.2, 0.25) is 0 Å². The summed E-state index contributed by atoms with van der Waals surface area (Å²) in [7, 11) is 0. The third-order valence-corrected chi connectivity index (χ3v) is 3.67. The number of rotatable bonds is 8. The Morgan fingerprint density at radius 3 is 2.89 bits per heavy atom. The molecule has 0 fully saturated rings. The lowest BCUT2D eigenvalue weighted by atomic mass is 10.1. The molecule has 0 bridgehead atoms. The third kappa shape index (κ3) is 5.26. The highest BCUT2D eigenvalue weighted by Crippen LogP contribution is 2.11. The molecule has 108 valence electrons. The number of hydrogen-bond acceptors (Lipinski definition) is 5. The zero-order valence-corrected chi connectivity index (χ0v) is 12.6. The van der Waals surface area contributed by atoms with Gasteiger partial charge in [-0.3, -0.25) is 4.79 Å². The van der Waals surface area contributed by atoms with E-state index in [-0.39, 0.29) is 11.9 Å². The topological polar surface area (TPSA) is 77.2 Å². The lowest BCUT2D eigenvalue weighted by Gasteiger charge is -2.21. The molecule has 1 aromatic heterocycles. The molecule has 1 amide bonds. The summed E-state index contributed by atoms with van der Waals surface area (Å²) in [4.78, 5) is 16.4. The Kier molecular flexibility index (Phi) is 6.97. The molecule has 1 rings (SSSR count). The van der Waals surface area contributed by atoms with Crippen LogP contribution in [0.2, 0.25) is 0 Å². The van der Waals surface area contributed by atoms with Gasteiger partial charge in [-0.1, -0.05) is 13.8 Å². The van der Waals surface area contributed by atoms with E-state index in [0.717, 1.165) is 5.01 Å². The van der Waals surface area contributed by atoms with Crippen molar-refractivity contribution in [3.8, 4) is 0 Å². The minimum absolute atomic E-state index is 0.00658. The van der Waals surface area contributed by atoms with Crippen molar-refractivity contribution in [3.05, 3.63) is 16.1 Å². The van der Waals surface area contributed by atoms with Crippen LogP contribution in [0.5, 0.6) is 0 Å². The van der Waals surface area contributed by atoms with Crippen LogP contribution in [0.4, 0.5) is 0 Å². The van der Waals surface area contributed by atoms with Crippen LogP contribution in [0, 0.1) is 5.92 Å². The molecule has 0 spiro atoms. The highest BCUT2D eigenvalue weighted by atomic mass is 32.1. The molecule has 5 nitrogen and oxygen atoms in total. The van der Waals surface area contributed by atoms with Crippen molar-refractivity contribution >= 4 is 17.2 Å². The molecule has 0 aliphatic heterocycles. The van der Waals surface area contributed by atoms with Crippen molar-refractivity contribution in [2.45, 2.75) is 33.2 Å². The zero-order chi connectivity index (χ0) is 14.3. The summed E-state index contributed by atoms with van der Waals surface area (Å²) in [6.07, 6.45) is 0.713. The van der Waals surface area contributed by atoms with E-state index in [4.69, 9.17) is 10.5 Å². The van der Waals surface area contributed by atoms with Crippen LogP contribution in [0.1, 0.15) is 36.3 Å². The zero-order valence-electron chi connectivity index (χ0n) is 11.8. The van der Waals surface area contributed by atoms with Crippen molar-refractivity contribution in [1.82, 2.24) is 10.3 Å². The van der Waals surface area contributed by atoms with E-state index >= 15 is 0 Å². The molecule has 0 aliphatic rings. The van der Waals surface area contributed by atoms with E-state index in [0.29, 0.717) is 37.8 Å². The molecule has 19 heavy (non-hydrogen) atoms. The molecule has 0 aromatic carbocycles. The molecule has 0 radical (unpaired) electrons. The second kappa shape index (κ2) is 8.24. The number of carbonyl (C=O) groups excluding carboxylic acids is 1. The number of ether oxygens (including phenoxy) is 1. The molecule has 6 heteroatoms. The first-order valence-corrected chi connectivity index (χ1v) is 7.49. The SMILES string of the molecule is CCOCC(NC(=O)c1csc(CCN)n1)C(C)C. The average Bonchev–Trinajstić information content (AvgIpc) is 2.83. The number of nitrogens with one attached hydrogen (secondary N) is 1. The number of carbonyl (C=O) groups is 1. The molecule has 0 aliphatic carbocycles. The van der Waals surface area contributed by atoms with Crippen LogP contribution in [-0.2, 0) is 11.2 Å². The molecular formula is C13H23N3O2S. The third-order valence-electron chi connectivity index (χ3n) is 2.77. The van der Waals surface area contributed by atoms with E-state index < -0.39 is 0 Å². The Balaban J connectivity index is 2.59. The van der Waals surface area contributed by atoms with Gasteiger partial charge in [0.15, 0.2) is 0 Å². The van der Waals surface area contributed by atoms with E-state index in [1.165, 1.54) is 11.3 Å². The molecule has 1 atom stereocenters. The summed E-state index contributed by atoms with van der Waals surface area (Å²) in [5.74, 6) is 0.176.